The number of fused-ring (bicyclic) bond motifs is 1. The van der Waals surface area contributed by atoms with E-state index in [0.29, 0.717) is 5.65 Å². The van der Waals surface area contributed by atoms with E-state index in [1.165, 1.54) is 12.1 Å². The van der Waals surface area contributed by atoms with E-state index in [1.54, 1.807) is 13.2 Å². The monoisotopic (exact) mass is 239 g/mol. The lowest BCUT2D eigenvalue weighted by molar-refractivity contribution is 0.151. The standard InChI is InChI=1S/C12H15F2N3/c1-7(2)10-12(15-3)16-9-6-8(11(13)14)4-5-17(9)10/h4-7,11,15H,1-3H3. The van der Waals surface area contributed by atoms with E-state index < -0.39 is 6.43 Å². The Bertz CT molecular complexity index is 532. The maximum Gasteiger partial charge on any atom is 0.264 e. The fourth-order valence-corrected chi connectivity index (χ4v) is 1.95. The number of pyridine rings is 1. The smallest absolute Gasteiger partial charge is 0.264 e. The van der Waals surface area contributed by atoms with Gasteiger partial charge in [0.2, 0.25) is 0 Å². The van der Waals surface area contributed by atoms with E-state index in [9.17, 15) is 8.78 Å². The van der Waals surface area contributed by atoms with Gasteiger partial charge >= 0.3 is 0 Å². The topological polar surface area (TPSA) is 29.3 Å². The summed E-state index contributed by atoms with van der Waals surface area (Å²) in [5, 5.41) is 3.00. The highest BCUT2D eigenvalue weighted by Crippen LogP contribution is 2.27. The zero-order chi connectivity index (χ0) is 12.6. The molecule has 0 aromatic carbocycles. The van der Waals surface area contributed by atoms with Crippen LogP contribution in [0, 0.1) is 0 Å². The highest BCUT2D eigenvalue weighted by Gasteiger charge is 2.16. The molecule has 2 aromatic heterocycles. The summed E-state index contributed by atoms with van der Waals surface area (Å²) in [6.45, 7) is 4.09. The lowest BCUT2D eigenvalue weighted by Crippen LogP contribution is -1.99. The van der Waals surface area contributed by atoms with Crippen LogP contribution in [-0.4, -0.2) is 16.4 Å². The first-order chi connectivity index (χ1) is 8.04. The molecule has 0 bridgehead atoms. The van der Waals surface area contributed by atoms with Gasteiger partial charge in [-0.2, -0.15) is 0 Å². The van der Waals surface area contributed by atoms with Crippen molar-refractivity contribution in [2.45, 2.75) is 26.2 Å². The van der Waals surface area contributed by atoms with Gasteiger partial charge < -0.3 is 9.72 Å². The highest BCUT2D eigenvalue weighted by molar-refractivity contribution is 5.56. The van der Waals surface area contributed by atoms with Crippen LogP contribution in [0.4, 0.5) is 14.6 Å². The van der Waals surface area contributed by atoms with Crippen molar-refractivity contribution in [2.75, 3.05) is 12.4 Å². The number of halogens is 2. The molecule has 0 fully saturated rings. The number of alkyl halides is 2. The predicted octanol–water partition coefficient (Wildman–Crippen LogP) is 3.44. The summed E-state index contributed by atoms with van der Waals surface area (Å²) in [5.41, 5.74) is 1.56. The van der Waals surface area contributed by atoms with E-state index in [1.807, 2.05) is 18.2 Å². The van der Waals surface area contributed by atoms with Crippen LogP contribution in [0.5, 0.6) is 0 Å². The predicted molar refractivity (Wildman–Crippen MR) is 63.8 cm³/mol. The van der Waals surface area contributed by atoms with Crippen molar-refractivity contribution in [3.8, 4) is 0 Å². The van der Waals surface area contributed by atoms with Crippen LogP contribution in [-0.2, 0) is 0 Å². The first kappa shape index (κ1) is 11.8. The Hall–Kier alpha value is -1.65. The fraction of sp³-hybridized carbons (Fsp3) is 0.417. The molecule has 5 heteroatoms. The maximum absolute atomic E-state index is 12.6. The van der Waals surface area contributed by atoms with Crippen LogP contribution in [0.2, 0.25) is 0 Å². The van der Waals surface area contributed by atoms with Gasteiger partial charge in [-0.05, 0) is 18.1 Å². The number of rotatable bonds is 3. The van der Waals surface area contributed by atoms with E-state index >= 15 is 0 Å². The Balaban J connectivity index is 2.65. The molecule has 92 valence electrons. The Morgan fingerprint density at radius 3 is 2.59 bits per heavy atom. The van der Waals surface area contributed by atoms with Crippen molar-refractivity contribution >= 4 is 11.5 Å². The molecule has 3 nitrogen and oxygen atoms in total. The SMILES string of the molecule is CNc1nc2cc(C(F)F)ccn2c1C(C)C. The molecule has 1 N–H and O–H groups in total. The minimum Gasteiger partial charge on any atom is -0.372 e. The van der Waals surface area contributed by atoms with Crippen LogP contribution >= 0.6 is 0 Å². The zero-order valence-electron chi connectivity index (χ0n) is 10.0. The fourth-order valence-electron chi connectivity index (χ4n) is 1.95. The second kappa shape index (κ2) is 4.31. The van der Waals surface area contributed by atoms with E-state index in [4.69, 9.17) is 0 Å². The highest BCUT2D eigenvalue weighted by atomic mass is 19.3. The number of hydrogen-bond donors (Lipinski definition) is 1. The van der Waals surface area contributed by atoms with Gasteiger partial charge in [-0.15, -0.1) is 0 Å². The molecule has 17 heavy (non-hydrogen) atoms. The van der Waals surface area contributed by atoms with Gasteiger partial charge in [-0.3, -0.25) is 0 Å². The molecule has 0 aliphatic carbocycles. The van der Waals surface area contributed by atoms with Gasteiger partial charge in [-0.25, -0.2) is 13.8 Å². The first-order valence-corrected chi connectivity index (χ1v) is 5.52. The van der Waals surface area contributed by atoms with Gasteiger partial charge in [0.25, 0.3) is 6.43 Å². The molecule has 0 radical (unpaired) electrons. The molecule has 2 heterocycles. The molecule has 2 rings (SSSR count). The third kappa shape index (κ3) is 1.97. The molecule has 0 unspecified atom stereocenters. The van der Waals surface area contributed by atoms with Gasteiger partial charge in [0.05, 0.1) is 5.69 Å². The van der Waals surface area contributed by atoms with Gasteiger partial charge in [0, 0.05) is 18.8 Å². The number of anilines is 1. The lowest BCUT2D eigenvalue weighted by atomic mass is 10.1. The zero-order valence-corrected chi connectivity index (χ0v) is 10.0. The molecular formula is C12H15F2N3. The van der Waals surface area contributed by atoms with E-state index in [0.717, 1.165) is 11.5 Å². The van der Waals surface area contributed by atoms with Crippen LogP contribution in [0.15, 0.2) is 18.3 Å². The molecule has 0 atom stereocenters. The summed E-state index contributed by atoms with van der Waals surface area (Å²) >= 11 is 0. The minimum absolute atomic E-state index is 0.000425. The molecule has 0 aliphatic heterocycles. The van der Waals surface area contributed by atoms with Crippen molar-refractivity contribution in [3.05, 3.63) is 29.6 Å². The summed E-state index contributed by atoms with van der Waals surface area (Å²) in [6.07, 6.45) is -0.808. The Kier molecular flexibility index (Phi) is 3.00. The summed E-state index contributed by atoms with van der Waals surface area (Å²) in [7, 11) is 1.78. The van der Waals surface area contributed by atoms with Crippen LogP contribution in [0.3, 0.4) is 0 Å². The summed E-state index contributed by atoms with van der Waals surface area (Å²) < 4.78 is 27.0. The van der Waals surface area contributed by atoms with Crippen molar-refractivity contribution in [1.82, 2.24) is 9.38 Å². The van der Waals surface area contributed by atoms with Crippen LogP contribution in [0.1, 0.15) is 37.4 Å². The first-order valence-electron chi connectivity index (χ1n) is 5.52. The van der Waals surface area contributed by atoms with E-state index in [-0.39, 0.29) is 11.5 Å². The maximum atomic E-state index is 12.6. The third-order valence-electron chi connectivity index (χ3n) is 2.72. The summed E-state index contributed by atoms with van der Waals surface area (Å²) in [5.74, 6) is 1.01. The summed E-state index contributed by atoms with van der Waals surface area (Å²) in [4.78, 5) is 4.31. The number of hydrogen-bond acceptors (Lipinski definition) is 2. The second-order valence-corrected chi connectivity index (χ2v) is 4.24. The molecule has 0 aliphatic rings. The minimum atomic E-state index is -2.46. The Labute approximate surface area is 98.5 Å². The number of imidazole rings is 1. The number of nitrogens with one attached hydrogen (secondary N) is 1. The van der Waals surface area contributed by atoms with Crippen LogP contribution in [0.25, 0.3) is 5.65 Å². The van der Waals surface area contributed by atoms with Crippen molar-refractivity contribution in [1.29, 1.82) is 0 Å². The second-order valence-electron chi connectivity index (χ2n) is 4.24. The lowest BCUT2D eigenvalue weighted by Gasteiger charge is -2.08. The van der Waals surface area contributed by atoms with Gasteiger partial charge in [-0.1, -0.05) is 13.8 Å². The van der Waals surface area contributed by atoms with Gasteiger partial charge in [0.15, 0.2) is 0 Å². The molecule has 0 amide bonds. The normalized spacial score (nSPS) is 11.7. The average Bonchev–Trinajstić information content (AvgIpc) is 2.65. The molecule has 0 spiro atoms. The van der Waals surface area contributed by atoms with Crippen molar-refractivity contribution < 1.29 is 8.78 Å². The Morgan fingerprint density at radius 1 is 1.35 bits per heavy atom. The van der Waals surface area contributed by atoms with Crippen LogP contribution < -0.4 is 5.32 Å². The third-order valence-corrected chi connectivity index (χ3v) is 2.72. The average molecular weight is 239 g/mol. The summed E-state index contributed by atoms with van der Waals surface area (Å²) in [6, 6.07) is 2.86. The van der Waals surface area contributed by atoms with Crippen molar-refractivity contribution in [3.63, 3.8) is 0 Å². The quantitative estimate of drug-likeness (QED) is 0.889. The number of nitrogens with zero attached hydrogens (tertiary/aromatic N) is 2. The van der Waals surface area contributed by atoms with Gasteiger partial charge in [0.1, 0.15) is 11.5 Å². The largest absolute Gasteiger partial charge is 0.372 e. The Morgan fingerprint density at radius 2 is 2.06 bits per heavy atom. The molecule has 2 aromatic rings. The molecule has 0 saturated carbocycles. The molecular weight excluding hydrogens is 224 g/mol. The van der Waals surface area contributed by atoms with Crippen molar-refractivity contribution in [2.24, 2.45) is 0 Å². The molecule has 0 saturated heterocycles. The van der Waals surface area contributed by atoms with E-state index in [2.05, 4.69) is 10.3 Å². The number of aromatic nitrogens is 2.